The molecule has 0 aromatic carbocycles. The standard InChI is InChI=1S/C45H85NO7/c1-4-7-10-13-16-17-21-26-33-41-44(49)53-42(45(50)52-41)34-28-30-37-46(38-39-47)36-29-23-18-22-27-35-43(48)51-40(31-24-19-14-11-8-5-2)32-25-20-15-12-9-6-3/h40-42,47H,4-39H2,1-3H3. The molecule has 312 valence electrons. The molecule has 1 heterocycles. The summed E-state index contributed by atoms with van der Waals surface area (Å²) in [5, 5.41) is 9.59. The van der Waals surface area contributed by atoms with Crippen molar-refractivity contribution >= 4 is 17.9 Å². The Morgan fingerprint density at radius 3 is 1.40 bits per heavy atom. The molecule has 0 spiro atoms. The predicted octanol–water partition coefficient (Wildman–Crippen LogP) is 11.6. The molecule has 1 N–H and O–H groups in total. The summed E-state index contributed by atoms with van der Waals surface area (Å²) in [6.07, 6.45) is 33.5. The number of esters is 3. The number of carbonyl (C=O) groups excluding carboxylic acids is 3. The van der Waals surface area contributed by atoms with E-state index >= 15 is 0 Å². The topological polar surface area (TPSA) is 102 Å². The van der Waals surface area contributed by atoms with Gasteiger partial charge in [0.25, 0.3) is 0 Å². The lowest BCUT2D eigenvalue weighted by Crippen LogP contribution is -2.44. The summed E-state index contributed by atoms with van der Waals surface area (Å²) in [5.74, 6) is -0.820. The molecule has 0 bridgehead atoms. The van der Waals surface area contributed by atoms with Gasteiger partial charge in [-0.05, 0) is 83.7 Å². The lowest BCUT2D eigenvalue weighted by molar-refractivity contribution is -0.196. The maximum absolute atomic E-state index is 12.7. The maximum Gasteiger partial charge on any atom is 0.348 e. The van der Waals surface area contributed by atoms with Crippen LogP contribution >= 0.6 is 0 Å². The van der Waals surface area contributed by atoms with E-state index in [-0.39, 0.29) is 18.7 Å². The molecule has 8 nitrogen and oxygen atoms in total. The Labute approximate surface area is 326 Å². The average molecular weight is 752 g/mol. The van der Waals surface area contributed by atoms with Gasteiger partial charge in [0, 0.05) is 13.0 Å². The second kappa shape index (κ2) is 36.0. The van der Waals surface area contributed by atoms with Crippen molar-refractivity contribution in [2.24, 2.45) is 0 Å². The molecule has 1 aliphatic heterocycles. The maximum atomic E-state index is 12.7. The molecule has 0 saturated carbocycles. The summed E-state index contributed by atoms with van der Waals surface area (Å²) < 4.78 is 17.0. The Kier molecular flexibility index (Phi) is 33.5. The molecule has 1 aliphatic rings. The van der Waals surface area contributed by atoms with E-state index in [2.05, 4.69) is 25.7 Å². The quantitative estimate of drug-likeness (QED) is 0.0376. The minimum absolute atomic E-state index is 0.0176. The molecule has 53 heavy (non-hydrogen) atoms. The van der Waals surface area contributed by atoms with Crippen molar-refractivity contribution in [1.29, 1.82) is 0 Å². The van der Waals surface area contributed by atoms with Crippen LogP contribution in [-0.2, 0) is 28.6 Å². The monoisotopic (exact) mass is 752 g/mol. The zero-order chi connectivity index (χ0) is 38.6. The van der Waals surface area contributed by atoms with E-state index in [0.29, 0.717) is 25.8 Å². The van der Waals surface area contributed by atoms with Gasteiger partial charge in [0.2, 0.25) is 0 Å². The summed E-state index contributed by atoms with van der Waals surface area (Å²) in [6.45, 7) is 9.23. The zero-order valence-corrected chi connectivity index (χ0v) is 35.0. The van der Waals surface area contributed by atoms with Gasteiger partial charge in [-0.1, -0.05) is 149 Å². The number of unbranched alkanes of at least 4 members (excludes halogenated alkanes) is 22. The molecular formula is C45H85NO7. The Morgan fingerprint density at radius 2 is 0.925 bits per heavy atom. The Bertz CT molecular complexity index is 852. The van der Waals surface area contributed by atoms with Crippen molar-refractivity contribution in [1.82, 2.24) is 4.90 Å². The molecule has 0 radical (unpaired) electrons. The second-order valence-corrected chi connectivity index (χ2v) is 15.9. The highest BCUT2D eigenvalue weighted by Crippen LogP contribution is 2.21. The summed E-state index contributed by atoms with van der Waals surface area (Å²) in [4.78, 5) is 40.0. The molecule has 0 aromatic rings. The van der Waals surface area contributed by atoms with Gasteiger partial charge in [0.1, 0.15) is 6.10 Å². The summed E-state index contributed by atoms with van der Waals surface area (Å²) >= 11 is 0. The van der Waals surface area contributed by atoms with Crippen LogP contribution in [0.25, 0.3) is 0 Å². The highest BCUT2D eigenvalue weighted by Gasteiger charge is 2.37. The van der Waals surface area contributed by atoms with Gasteiger partial charge in [0.15, 0.2) is 12.2 Å². The van der Waals surface area contributed by atoms with Crippen molar-refractivity contribution in [3.8, 4) is 0 Å². The van der Waals surface area contributed by atoms with Gasteiger partial charge in [-0.25, -0.2) is 9.59 Å². The first-order valence-corrected chi connectivity index (χ1v) is 22.9. The van der Waals surface area contributed by atoms with Crippen molar-refractivity contribution in [2.45, 2.75) is 245 Å². The van der Waals surface area contributed by atoms with Crippen LogP contribution in [0, 0.1) is 0 Å². The van der Waals surface area contributed by atoms with Crippen LogP contribution in [0.3, 0.4) is 0 Å². The van der Waals surface area contributed by atoms with Gasteiger partial charge in [-0.15, -0.1) is 0 Å². The number of nitrogens with zero attached hydrogens (tertiary/aromatic N) is 1. The van der Waals surface area contributed by atoms with Gasteiger partial charge in [0.05, 0.1) is 6.61 Å². The van der Waals surface area contributed by atoms with E-state index in [1.54, 1.807) is 0 Å². The molecule has 1 rings (SSSR count). The van der Waals surface area contributed by atoms with E-state index in [1.807, 2.05) is 0 Å². The van der Waals surface area contributed by atoms with E-state index in [0.717, 1.165) is 103 Å². The molecule has 0 aromatic heterocycles. The first kappa shape index (κ1) is 49.3. The number of hydrogen-bond donors (Lipinski definition) is 1. The van der Waals surface area contributed by atoms with Crippen LogP contribution in [0.5, 0.6) is 0 Å². The number of hydrogen-bond acceptors (Lipinski definition) is 8. The number of rotatable bonds is 39. The number of ether oxygens (including phenoxy) is 3. The van der Waals surface area contributed by atoms with Crippen LogP contribution in [-0.4, -0.2) is 72.5 Å². The van der Waals surface area contributed by atoms with Gasteiger partial charge >= 0.3 is 17.9 Å². The number of aliphatic hydroxyl groups excluding tert-OH is 1. The van der Waals surface area contributed by atoms with Crippen LogP contribution < -0.4 is 0 Å². The lowest BCUT2D eigenvalue weighted by Gasteiger charge is -2.28. The van der Waals surface area contributed by atoms with Crippen LogP contribution in [0.2, 0.25) is 0 Å². The highest BCUT2D eigenvalue weighted by atomic mass is 16.6. The van der Waals surface area contributed by atoms with E-state index in [1.165, 1.54) is 96.3 Å². The molecule has 8 heteroatoms. The minimum atomic E-state index is -0.799. The first-order chi connectivity index (χ1) is 25.9. The number of aliphatic hydroxyl groups is 1. The summed E-state index contributed by atoms with van der Waals surface area (Å²) in [6, 6.07) is 0. The molecule has 1 fully saturated rings. The molecule has 2 atom stereocenters. The Balaban J connectivity index is 2.20. The van der Waals surface area contributed by atoms with Crippen molar-refractivity contribution in [3.63, 3.8) is 0 Å². The number of carbonyl (C=O) groups is 3. The van der Waals surface area contributed by atoms with E-state index in [9.17, 15) is 19.5 Å². The Morgan fingerprint density at radius 1 is 0.547 bits per heavy atom. The molecule has 0 amide bonds. The largest absolute Gasteiger partial charge is 0.462 e. The van der Waals surface area contributed by atoms with Crippen molar-refractivity contribution in [2.75, 3.05) is 26.2 Å². The van der Waals surface area contributed by atoms with Gasteiger partial charge < -0.3 is 24.2 Å². The third-order valence-corrected chi connectivity index (χ3v) is 10.9. The fraction of sp³-hybridized carbons (Fsp3) is 0.933. The third-order valence-electron chi connectivity index (χ3n) is 10.9. The summed E-state index contributed by atoms with van der Waals surface area (Å²) in [7, 11) is 0. The van der Waals surface area contributed by atoms with Crippen molar-refractivity contribution < 1.29 is 33.7 Å². The van der Waals surface area contributed by atoms with Gasteiger partial charge in [-0.3, -0.25) is 4.79 Å². The van der Waals surface area contributed by atoms with E-state index < -0.39 is 24.1 Å². The average Bonchev–Trinajstić information content (AvgIpc) is 3.14. The molecule has 0 aliphatic carbocycles. The highest BCUT2D eigenvalue weighted by molar-refractivity contribution is 5.87. The zero-order valence-electron chi connectivity index (χ0n) is 35.0. The second-order valence-electron chi connectivity index (χ2n) is 15.9. The SMILES string of the molecule is CCCCCCCCCCC1OC(=O)C(CCCCN(CCO)CCCCCCCC(=O)OC(CCCCCCCC)CCCCCCCC)OC1=O. The van der Waals surface area contributed by atoms with Crippen molar-refractivity contribution in [3.05, 3.63) is 0 Å². The fourth-order valence-corrected chi connectivity index (χ4v) is 7.43. The minimum Gasteiger partial charge on any atom is -0.462 e. The van der Waals surface area contributed by atoms with Gasteiger partial charge in [-0.2, -0.15) is 0 Å². The third kappa shape index (κ3) is 28.4. The lowest BCUT2D eigenvalue weighted by atomic mass is 10.0. The predicted molar refractivity (Wildman–Crippen MR) is 218 cm³/mol. The Hall–Kier alpha value is -1.67. The molecule has 1 saturated heterocycles. The normalized spacial score (nSPS) is 16.0. The fourth-order valence-electron chi connectivity index (χ4n) is 7.43. The molecular weight excluding hydrogens is 666 g/mol. The van der Waals surface area contributed by atoms with Crippen LogP contribution in [0.15, 0.2) is 0 Å². The number of cyclic esters (lactones) is 2. The smallest absolute Gasteiger partial charge is 0.348 e. The van der Waals surface area contributed by atoms with Crippen LogP contribution in [0.4, 0.5) is 0 Å². The summed E-state index contributed by atoms with van der Waals surface area (Å²) in [5.41, 5.74) is 0. The van der Waals surface area contributed by atoms with E-state index in [4.69, 9.17) is 14.2 Å². The first-order valence-electron chi connectivity index (χ1n) is 22.9. The molecule has 2 unspecified atom stereocenters. The van der Waals surface area contributed by atoms with Crippen LogP contribution in [0.1, 0.15) is 226 Å².